The molecule has 1 saturated heterocycles. The van der Waals surface area contributed by atoms with Gasteiger partial charge in [0.25, 0.3) is 0 Å². The molecule has 0 aromatic rings. The lowest BCUT2D eigenvalue weighted by Gasteiger charge is -2.42. The monoisotopic (exact) mass is 244 g/mol. The van der Waals surface area contributed by atoms with E-state index in [2.05, 4.69) is 19.3 Å². The lowest BCUT2D eigenvalue weighted by molar-refractivity contribution is -0.128. The van der Waals surface area contributed by atoms with Crippen molar-refractivity contribution in [3.8, 4) is 0 Å². The lowest BCUT2D eigenvalue weighted by atomic mass is 9.83. The van der Waals surface area contributed by atoms with Crippen LogP contribution in [0.4, 0.5) is 0 Å². The van der Waals surface area contributed by atoms with E-state index in [-0.39, 0.29) is 11.6 Å². The van der Waals surface area contributed by atoms with Gasteiger partial charge in [0.1, 0.15) is 0 Å². The van der Waals surface area contributed by atoms with E-state index in [9.17, 15) is 0 Å². The fourth-order valence-electron chi connectivity index (χ4n) is 2.69. The van der Waals surface area contributed by atoms with E-state index in [1.54, 1.807) is 0 Å². The van der Waals surface area contributed by atoms with Gasteiger partial charge in [-0.25, -0.2) is 0 Å². The molecule has 1 aliphatic heterocycles. The van der Waals surface area contributed by atoms with Crippen LogP contribution in [0.5, 0.6) is 0 Å². The van der Waals surface area contributed by atoms with Crippen molar-refractivity contribution in [2.24, 2.45) is 5.84 Å². The van der Waals surface area contributed by atoms with Crippen molar-refractivity contribution >= 4 is 0 Å². The van der Waals surface area contributed by atoms with Crippen molar-refractivity contribution in [2.75, 3.05) is 19.8 Å². The molecule has 0 bridgehead atoms. The second-order valence-electron chi connectivity index (χ2n) is 4.83. The van der Waals surface area contributed by atoms with E-state index in [1.807, 2.05) is 0 Å². The normalized spacial score (nSPS) is 21.4. The van der Waals surface area contributed by atoms with Gasteiger partial charge < -0.3 is 9.47 Å². The molecule has 0 aromatic heterocycles. The van der Waals surface area contributed by atoms with Gasteiger partial charge >= 0.3 is 0 Å². The predicted octanol–water partition coefficient (Wildman–Crippen LogP) is 1.98. The molecule has 0 radical (unpaired) electrons. The van der Waals surface area contributed by atoms with Crippen molar-refractivity contribution < 1.29 is 9.47 Å². The maximum Gasteiger partial charge on any atom is 0.0891 e. The molecule has 17 heavy (non-hydrogen) atoms. The van der Waals surface area contributed by atoms with E-state index in [1.165, 1.54) is 19.3 Å². The number of rotatable bonds is 8. The van der Waals surface area contributed by atoms with Gasteiger partial charge in [-0.3, -0.25) is 11.3 Å². The molecule has 1 fully saturated rings. The first-order chi connectivity index (χ1) is 8.29. The highest BCUT2D eigenvalue weighted by Gasteiger charge is 2.40. The van der Waals surface area contributed by atoms with Crippen LogP contribution in [0, 0.1) is 0 Å². The van der Waals surface area contributed by atoms with Crippen molar-refractivity contribution in [3.63, 3.8) is 0 Å². The van der Waals surface area contributed by atoms with Gasteiger partial charge in [0, 0.05) is 32.7 Å². The molecule has 4 heteroatoms. The van der Waals surface area contributed by atoms with E-state index in [0.717, 1.165) is 39.1 Å². The first-order valence-electron chi connectivity index (χ1n) is 6.97. The van der Waals surface area contributed by atoms with Gasteiger partial charge in [-0.05, 0) is 13.3 Å². The number of ether oxygens (including phenoxy) is 2. The third-order valence-corrected chi connectivity index (χ3v) is 3.70. The van der Waals surface area contributed by atoms with Crippen molar-refractivity contribution in [1.82, 2.24) is 5.43 Å². The molecule has 1 heterocycles. The summed E-state index contributed by atoms with van der Waals surface area (Å²) in [4.78, 5) is 0. The lowest BCUT2D eigenvalue weighted by Crippen LogP contribution is -2.57. The van der Waals surface area contributed by atoms with Crippen LogP contribution >= 0.6 is 0 Å². The fraction of sp³-hybridized carbons (Fsp3) is 1.00. The molecule has 1 aliphatic rings. The molecule has 0 amide bonds. The Morgan fingerprint density at radius 1 is 1.29 bits per heavy atom. The molecule has 3 N–H and O–H groups in total. The smallest absolute Gasteiger partial charge is 0.0891 e. The fourth-order valence-corrected chi connectivity index (χ4v) is 2.69. The molecule has 4 nitrogen and oxygen atoms in total. The Bertz CT molecular complexity index is 188. The minimum Gasteiger partial charge on any atom is -0.381 e. The van der Waals surface area contributed by atoms with Gasteiger partial charge in [-0.1, -0.05) is 26.2 Å². The van der Waals surface area contributed by atoms with Crippen LogP contribution in [-0.4, -0.2) is 31.5 Å². The maximum absolute atomic E-state index is 6.03. The van der Waals surface area contributed by atoms with Crippen LogP contribution in [0.2, 0.25) is 0 Å². The Hall–Kier alpha value is -0.160. The molecule has 1 atom stereocenters. The predicted molar refractivity (Wildman–Crippen MR) is 69.7 cm³/mol. The summed E-state index contributed by atoms with van der Waals surface area (Å²) in [5.74, 6) is 5.73. The van der Waals surface area contributed by atoms with Gasteiger partial charge in [0.05, 0.1) is 11.6 Å². The minimum absolute atomic E-state index is 0.116. The van der Waals surface area contributed by atoms with Crippen LogP contribution in [0.3, 0.4) is 0 Å². The zero-order chi connectivity index (χ0) is 12.6. The Morgan fingerprint density at radius 2 is 2.00 bits per heavy atom. The number of unbranched alkanes of at least 4 members (excludes halogenated alkanes) is 2. The second kappa shape index (κ2) is 8.03. The largest absolute Gasteiger partial charge is 0.381 e. The highest BCUT2D eigenvalue weighted by molar-refractivity contribution is 4.94. The van der Waals surface area contributed by atoms with Crippen LogP contribution in [0.1, 0.15) is 52.4 Å². The second-order valence-corrected chi connectivity index (χ2v) is 4.83. The third kappa shape index (κ3) is 4.21. The molecule has 0 aromatic carbocycles. The van der Waals surface area contributed by atoms with Gasteiger partial charge in [0.15, 0.2) is 0 Å². The molecule has 1 rings (SSSR count). The first kappa shape index (κ1) is 14.9. The Kier molecular flexibility index (Phi) is 7.04. The van der Waals surface area contributed by atoms with E-state index < -0.39 is 0 Å². The van der Waals surface area contributed by atoms with Gasteiger partial charge in [-0.15, -0.1) is 0 Å². The number of hydrazine groups is 1. The molecule has 0 aliphatic carbocycles. The van der Waals surface area contributed by atoms with Crippen LogP contribution in [0.25, 0.3) is 0 Å². The average Bonchev–Trinajstić information content (AvgIpc) is 2.36. The van der Waals surface area contributed by atoms with Crippen molar-refractivity contribution in [2.45, 2.75) is 64.0 Å². The summed E-state index contributed by atoms with van der Waals surface area (Å²) in [5, 5.41) is 0. The maximum atomic E-state index is 6.03. The summed E-state index contributed by atoms with van der Waals surface area (Å²) < 4.78 is 11.5. The number of hydrogen-bond donors (Lipinski definition) is 2. The molecule has 102 valence electrons. The Labute approximate surface area is 105 Å². The van der Waals surface area contributed by atoms with Crippen LogP contribution in [-0.2, 0) is 9.47 Å². The minimum atomic E-state index is -0.116. The topological polar surface area (TPSA) is 56.5 Å². The molecular weight excluding hydrogens is 216 g/mol. The summed E-state index contributed by atoms with van der Waals surface area (Å²) in [7, 11) is 0. The zero-order valence-electron chi connectivity index (χ0n) is 11.3. The highest BCUT2D eigenvalue weighted by atomic mass is 16.5. The van der Waals surface area contributed by atoms with Crippen molar-refractivity contribution in [1.29, 1.82) is 0 Å². The number of nitrogens with two attached hydrogens (primary N) is 1. The van der Waals surface area contributed by atoms with E-state index in [4.69, 9.17) is 15.3 Å². The standard InChI is InChI=1S/C13H28N2O2/c1-3-5-6-7-12(15-14)13(17-4-2)8-10-16-11-9-13/h12,15H,3-11,14H2,1-2H3. The Morgan fingerprint density at radius 3 is 2.53 bits per heavy atom. The average molecular weight is 244 g/mol. The summed E-state index contributed by atoms with van der Waals surface area (Å²) in [6.45, 7) is 6.58. The molecule has 1 unspecified atom stereocenters. The zero-order valence-corrected chi connectivity index (χ0v) is 11.3. The van der Waals surface area contributed by atoms with Crippen molar-refractivity contribution in [3.05, 3.63) is 0 Å². The highest BCUT2D eigenvalue weighted by Crippen LogP contribution is 2.31. The van der Waals surface area contributed by atoms with E-state index in [0.29, 0.717) is 0 Å². The summed E-state index contributed by atoms with van der Waals surface area (Å²) in [5.41, 5.74) is 2.86. The number of nitrogens with one attached hydrogen (secondary N) is 1. The quantitative estimate of drug-likeness (QED) is 0.389. The SMILES string of the molecule is CCCCCC(NN)C1(OCC)CCOCC1. The van der Waals surface area contributed by atoms with Crippen LogP contribution in [0.15, 0.2) is 0 Å². The summed E-state index contributed by atoms with van der Waals surface area (Å²) in [6, 6.07) is 0.248. The van der Waals surface area contributed by atoms with E-state index >= 15 is 0 Å². The van der Waals surface area contributed by atoms with Crippen LogP contribution < -0.4 is 11.3 Å². The number of hydrogen-bond acceptors (Lipinski definition) is 4. The molecule has 0 saturated carbocycles. The van der Waals surface area contributed by atoms with Gasteiger partial charge in [0.2, 0.25) is 0 Å². The molecular formula is C13H28N2O2. The summed E-state index contributed by atoms with van der Waals surface area (Å²) in [6.07, 6.45) is 6.69. The third-order valence-electron chi connectivity index (χ3n) is 3.70. The van der Waals surface area contributed by atoms with Gasteiger partial charge in [-0.2, -0.15) is 0 Å². The molecule has 0 spiro atoms. The summed E-state index contributed by atoms with van der Waals surface area (Å²) >= 11 is 0. The first-order valence-corrected chi connectivity index (χ1v) is 6.97. The Balaban J connectivity index is 2.57.